The highest BCUT2D eigenvalue weighted by molar-refractivity contribution is 7.88. The Labute approximate surface area is 131 Å². The van der Waals surface area contributed by atoms with Crippen LogP contribution in [-0.4, -0.2) is 48.6 Å². The van der Waals surface area contributed by atoms with Gasteiger partial charge in [0.05, 0.1) is 6.26 Å². The number of hydrogen-bond donors (Lipinski definition) is 0. The van der Waals surface area contributed by atoms with E-state index in [2.05, 4.69) is 4.99 Å². The average Bonchev–Trinajstić information content (AvgIpc) is 2.46. The van der Waals surface area contributed by atoms with Gasteiger partial charge in [-0.3, -0.25) is 14.4 Å². The van der Waals surface area contributed by atoms with Gasteiger partial charge < -0.3 is 0 Å². The first-order chi connectivity index (χ1) is 10.3. The van der Waals surface area contributed by atoms with Crippen molar-refractivity contribution < 1.29 is 13.2 Å². The smallest absolute Gasteiger partial charge is 0.235 e. The van der Waals surface area contributed by atoms with Gasteiger partial charge in [-0.2, -0.15) is 0 Å². The van der Waals surface area contributed by atoms with Crippen molar-refractivity contribution >= 4 is 15.9 Å². The lowest BCUT2D eigenvalue weighted by Crippen LogP contribution is -2.42. The van der Waals surface area contributed by atoms with Gasteiger partial charge in [0.15, 0.2) is 0 Å². The lowest BCUT2D eigenvalue weighted by molar-refractivity contribution is 0.0781. The molecular formula is C15H23N3O3S. The Morgan fingerprint density at radius 1 is 1.27 bits per heavy atom. The number of rotatable bonds is 3. The molecular weight excluding hydrogens is 302 g/mol. The molecule has 0 spiro atoms. The molecule has 0 saturated carbocycles. The SMILES string of the molecule is CC(C)N=c1ccccn1C(=O)C1CCN(S(C)(=O)=O)CC1. The third kappa shape index (κ3) is 4.04. The number of hydrogen-bond acceptors (Lipinski definition) is 4. The number of nitrogens with zero attached hydrogens (tertiary/aromatic N) is 3. The van der Waals surface area contributed by atoms with E-state index < -0.39 is 10.0 Å². The molecule has 0 radical (unpaired) electrons. The van der Waals surface area contributed by atoms with Crippen LogP contribution >= 0.6 is 0 Å². The quantitative estimate of drug-likeness (QED) is 0.836. The molecule has 0 bridgehead atoms. The molecule has 1 aromatic rings. The summed E-state index contributed by atoms with van der Waals surface area (Å²) >= 11 is 0. The fourth-order valence-electron chi connectivity index (χ4n) is 2.62. The molecule has 1 aliphatic rings. The van der Waals surface area contributed by atoms with Crippen molar-refractivity contribution in [2.75, 3.05) is 19.3 Å². The van der Waals surface area contributed by atoms with Crippen molar-refractivity contribution in [1.82, 2.24) is 8.87 Å². The number of piperidine rings is 1. The molecule has 0 N–H and O–H groups in total. The maximum Gasteiger partial charge on any atom is 0.235 e. The van der Waals surface area contributed by atoms with Crippen LogP contribution in [0.4, 0.5) is 0 Å². The van der Waals surface area contributed by atoms with E-state index in [0.717, 1.165) is 0 Å². The van der Waals surface area contributed by atoms with Gasteiger partial charge in [-0.25, -0.2) is 12.7 Å². The summed E-state index contributed by atoms with van der Waals surface area (Å²) in [5.74, 6) is -0.167. The predicted octanol–water partition coefficient (Wildman–Crippen LogP) is 1.11. The minimum atomic E-state index is -3.17. The minimum absolute atomic E-state index is 0.00634. The molecule has 0 amide bonds. The lowest BCUT2D eigenvalue weighted by atomic mass is 9.97. The standard InChI is InChI=1S/C15H23N3O3S/c1-12(2)16-14-6-4-5-9-18(14)15(19)13-7-10-17(11-8-13)22(3,20)21/h4-6,9,12-13H,7-8,10-11H2,1-3H3. The summed E-state index contributed by atoms with van der Waals surface area (Å²) in [6.45, 7) is 4.73. The van der Waals surface area contributed by atoms with Crippen LogP contribution in [0.1, 0.15) is 31.5 Å². The van der Waals surface area contributed by atoms with Crippen molar-refractivity contribution in [1.29, 1.82) is 0 Å². The Morgan fingerprint density at radius 2 is 1.91 bits per heavy atom. The summed E-state index contributed by atoms with van der Waals surface area (Å²) in [4.78, 5) is 17.2. The normalized spacial score (nSPS) is 18.8. The molecule has 7 heteroatoms. The molecule has 2 heterocycles. The summed E-state index contributed by atoms with van der Waals surface area (Å²) in [5, 5.41) is 0. The number of aromatic nitrogens is 1. The Hall–Kier alpha value is -1.47. The van der Waals surface area contributed by atoms with Gasteiger partial charge >= 0.3 is 0 Å². The molecule has 122 valence electrons. The summed E-state index contributed by atoms with van der Waals surface area (Å²) in [7, 11) is -3.17. The summed E-state index contributed by atoms with van der Waals surface area (Å²) in [5.41, 5.74) is 0.646. The zero-order valence-electron chi connectivity index (χ0n) is 13.3. The van der Waals surface area contributed by atoms with Crippen molar-refractivity contribution in [3.8, 4) is 0 Å². The van der Waals surface area contributed by atoms with Gasteiger partial charge in [-0.05, 0) is 38.8 Å². The topological polar surface area (TPSA) is 71.7 Å². The van der Waals surface area contributed by atoms with Crippen LogP contribution in [0.5, 0.6) is 0 Å². The monoisotopic (exact) mass is 325 g/mol. The van der Waals surface area contributed by atoms with Crippen LogP contribution in [0.2, 0.25) is 0 Å². The molecule has 1 saturated heterocycles. The molecule has 0 atom stereocenters. The molecule has 0 unspecified atom stereocenters. The molecule has 0 aromatic carbocycles. The number of carbonyl (C=O) groups excluding carboxylic acids is 1. The zero-order valence-corrected chi connectivity index (χ0v) is 14.1. The molecule has 1 aliphatic heterocycles. The first-order valence-electron chi connectivity index (χ1n) is 7.50. The third-order valence-corrected chi connectivity index (χ3v) is 5.04. The van der Waals surface area contributed by atoms with Gasteiger partial charge in [0, 0.05) is 31.2 Å². The van der Waals surface area contributed by atoms with Crippen molar-refractivity contribution in [2.24, 2.45) is 10.9 Å². The third-order valence-electron chi connectivity index (χ3n) is 3.74. The Morgan fingerprint density at radius 3 is 2.45 bits per heavy atom. The van der Waals surface area contributed by atoms with Crippen LogP contribution in [0.15, 0.2) is 29.4 Å². The van der Waals surface area contributed by atoms with E-state index in [1.54, 1.807) is 10.8 Å². The molecule has 22 heavy (non-hydrogen) atoms. The minimum Gasteiger partial charge on any atom is -0.274 e. The lowest BCUT2D eigenvalue weighted by Gasteiger charge is -2.29. The summed E-state index contributed by atoms with van der Waals surface area (Å²) in [6, 6.07) is 5.59. The van der Waals surface area contributed by atoms with Crippen molar-refractivity contribution in [2.45, 2.75) is 32.7 Å². The Bertz CT molecular complexity index is 699. The molecule has 0 aliphatic carbocycles. The highest BCUT2D eigenvalue weighted by Crippen LogP contribution is 2.20. The van der Waals surface area contributed by atoms with Gasteiger partial charge in [0.25, 0.3) is 0 Å². The highest BCUT2D eigenvalue weighted by atomic mass is 32.2. The average molecular weight is 325 g/mol. The summed E-state index contributed by atoms with van der Waals surface area (Å²) < 4.78 is 26.1. The fraction of sp³-hybridized carbons (Fsp3) is 0.600. The van der Waals surface area contributed by atoms with Crippen LogP contribution in [0.25, 0.3) is 0 Å². The van der Waals surface area contributed by atoms with Crippen LogP contribution in [-0.2, 0) is 10.0 Å². The van der Waals surface area contributed by atoms with Crippen molar-refractivity contribution in [3.05, 3.63) is 29.9 Å². The van der Waals surface area contributed by atoms with Crippen LogP contribution < -0.4 is 5.49 Å². The number of sulfonamides is 1. The van der Waals surface area contributed by atoms with Crippen LogP contribution in [0, 0.1) is 5.92 Å². The second-order valence-electron chi connectivity index (χ2n) is 5.93. The second kappa shape index (κ2) is 6.75. The Kier molecular flexibility index (Phi) is 5.18. The maximum absolute atomic E-state index is 12.7. The van der Waals surface area contributed by atoms with E-state index in [1.165, 1.54) is 10.6 Å². The Balaban J connectivity index is 2.18. The first kappa shape index (κ1) is 16.9. The maximum atomic E-state index is 12.7. The molecule has 1 aromatic heterocycles. The molecule has 6 nitrogen and oxygen atoms in total. The van der Waals surface area contributed by atoms with Gasteiger partial charge in [-0.15, -0.1) is 0 Å². The van der Waals surface area contributed by atoms with Gasteiger partial charge in [-0.1, -0.05) is 6.07 Å². The predicted molar refractivity (Wildman–Crippen MR) is 84.9 cm³/mol. The van der Waals surface area contributed by atoms with E-state index in [0.29, 0.717) is 31.4 Å². The first-order valence-corrected chi connectivity index (χ1v) is 9.34. The number of carbonyl (C=O) groups is 1. The van der Waals surface area contributed by atoms with Crippen LogP contribution in [0.3, 0.4) is 0 Å². The van der Waals surface area contributed by atoms with Crippen molar-refractivity contribution in [3.63, 3.8) is 0 Å². The van der Waals surface area contributed by atoms with E-state index in [-0.39, 0.29) is 17.9 Å². The molecule has 2 rings (SSSR count). The second-order valence-corrected chi connectivity index (χ2v) is 7.91. The summed E-state index contributed by atoms with van der Waals surface area (Å²) in [6.07, 6.45) is 4.04. The largest absolute Gasteiger partial charge is 0.274 e. The number of pyridine rings is 1. The van der Waals surface area contributed by atoms with Gasteiger partial charge in [0.1, 0.15) is 5.49 Å². The fourth-order valence-corrected chi connectivity index (χ4v) is 3.50. The molecule has 1 fully saturated rings. The van der Waals surface area contributed by atoms with E-state index in [9.17, 15) is 13.2 Å². The van der Waals surface area contributed by atoms with E-state index in [4.69, 9.17) is 0 Å². The zero-order chi connectivity index (χ0) is 16.3. The van der Waals surface area contributed by atoms with Gasteiger partial charge in [0.2, 0.25) is 15.9 Å². The highest BCUT2D eigenvalue weighted by Gasteiger charge is 2.29. The van der Waals surface area contributed by atoms with E-state index in [1.807, 2.05) is 32.0 Å². The van der Waals surface area contributed by atoms with E-state index >= 15 is 0 Å².